The zero-order chi connectivity index (χ0) is 13.7. The van der Waals surface area contributed by atoms with Gasteiger partial charge >= 0.3 is 0 Å². The van der Waals surface area contributed by atoms with Crippen molar-refractivity contribution in [2.75, 3.05) is 40.3 Å². The highest BCUT2D eigenvalue weighted by atomic mass is 16.5. The summed E-state index contributed by atoms with van der Waals surface area (Å²) >= 11 is 0. The Morgan fingerprint density at radius 2 is 2.16 bits per heavy atom. The first-order chi connectivity index (χ1) is 9.19. The van der Waals surface area contributed by atoms with Crippen molar-refractivity contribution in [1.82, 2.24) is 15.5 Å². The normalized spacial score (nSPS) is 29.6. The van der Waals surface area contributed by atoms with Crippen molar-refractivity contribution >= 4 is 5.91 Å². The topological polar surface area (TPSA) is 53.6 Å². The molecule has 1 amide bonds. The highest BCUT2D eigenvalue weighted by Crippen LogP contribution is 2.18. The molecule has 0 aliphatic carbocycles. The molecule has 110 valence electrons. The average Bonchev–Trinajstić information content (AvgIpc) is 2.90. The molecule has 0 saturated carbocycles. The van der Waals surface area contributed by atoms with E-state index in [4.69, 9.17) is 4.74 Å². The number of nitrogens with zero attached hydrogens (tertiary/aromatic N) is 1. The number of piperidine rings is 1. The fraction of sp³-hybridized carbons (Fsp3) is 0.929. The predicted molar refractivity (Wildman–Crippen MR) is 75.1 cm³/mol. The quantitative estimate of drug-likeness (QED) is 0.749. The molecule has 0 spiro atoms. The van der Waals surface area contributed by atoms with Crippen molar-refractivity contribution in [3.05, 3.63) is 0 Å². The van der Waals surface area contributed by atoms with Gasteiger partial charge in [-0.2, -0.15) is 0 Å². The molecule has 2 atom stereocenters. The summed E-state index contributed by atoms with van der Waals surface area (Å²) in [6.07, 6.45) is 4.61. The van der Waals surface area contributed by atoms with E-state index in [0.29, 0.717) is 0 Å². The van der Waals surface area contributed by atoms with E-state index < -0.39 is 0 Å². The van der Waals surface area contributed by atoms with Gasteiger partial charge in [0.1, 0.15) is 0 Å². The third-order valence-electron chi connectivity index (χ3n) is 4.43. The number of hydrogen-bond donors (Lipinski definition) is 2. The van der Waals surface area contributed by atoms with Gasteiger partial charge in [0.15, 0.2) is 0 Å². The van der Waals surface area contributed by atoms with Crippen LogP contribution in [-0.4, -0.2) is 63.3 Å². The molecule has 0 aromatic carbocycles. The maximum absolute atomic E-state index is 12.0. The van der Waals surface area contributed by atoms with Gasteiger partial charge in [0, 0.05) is 20.2 Å². The summed E-state index contributed by atoms with van der Waals surface area (Å²) in [7, 11) is 3.88. The molecule has 5 nitrogen and oxygen atoms in total. The monoisotopic (exact) mass is 269 g/mol. The summed E-state index contributed by atoms with van der Waals surface area (Å²) in [5.74, 6) is 0.909. The summed E-state index contributed by atoms with van der Waals surface area (Å²) in [6.45, 7) is 3.98. The number of likely N-dealkylation sites (tertiary alicyclic amines) is 1. The van der Waals surface area contributed by atoms with Gasteiger partial charge in [0.05, 0.1) is 12.1 Å². The van der Waals surface area contributed by atoms with Crippen molar-refractivity contribution in [3.8, 4) is 0 Å². The Balaban J connectivity index is 1.59. The van der Waals surface area contributed by atoms with Crippen LogP contribution in [0, 0.1) is 5.92 Å². The van der Waals surface area contributed by atoms with Gasteiger partial charge in [-0.25, -0.2) is 0 Å². The molecule has 2 N–H and O–H groups in total. The summed E-state index contributed by atoms with van der Waals surface area (Å²) in [4.78, 5) is 14.3. The highest BCUT2D eigenvalue weighted by Gasteiger charge is 2.29. The molecule has 2 fully saturated rings. The second-order valence-corrected chi connectivity index (χ2v) is 5.88. The second kappa shape index (κ2) is 7.22. The lowest BCUT2D eigenvalue weighted by Crippen LogP contribution is -2.41. The van der Waals surface area contributed by atoms with E-state index >= 15 is 0 Å². The summed E-state index contributed by atoms with van der Waals surface area (Å²) in [6, 6.07) is -0.0672. The van der Waals surface area contributed by atoms with Crippen LogP contribution < -0.4 is 10.6 Å². The molecule has 2 aliphatic rings. The molecule has 0 aromatic heterocycles. The third kappa shape index (κ3) is 4.44. The zero-order valence-electron chi connectivity index (χ0n) is 12.2. The Labute approximate surface area is 116 Å². The molecule has 2 saturated heterocycles. The van der Waals surface area contributed by atoms with Crippen LogP contribution in [0.3, 0.4) is 0 Å². The van der Waals surface area contributed by atoms with Crippen LogP contribution in [0.1, 0.15) is 25.7 Å². The van der Waals surface area contributed by atoms with Gasteiger partial charge in [-0.1, -0.05) is 0 Å². The van der Waals surface area contributed by atoms with Crippen LogP contribution in [0.25, 0.3) is 0 Å². The molecule has 2 unspecified atom stereocenters. The number of carbonyl (C=O) groups excluding carboxylic acids is 1. The minimum Gasteiger partial charge on any atom is -0.380 e. The van der Waals surface area contributed by atoms with Gasteiger partial charge in [0.25, 0.3) is 0 Å². The van der Waals surface area contributed by atoms with Crippen molar-refractivity contribution in [3.63, 3.8) is 0 Å². The van der Waals surface area contributed by atoms with Crippen LogP contribution in [0.4, 0.5) is 0 Å². The Morgan fingerprint density at radius 1 is 1.42 bits per heavy atom. The van der Waals surface area contributed by atoms with E-state index in [2.05, 4.69) is 22.6 Å². The van der Waals surface area contributed by atoms with Crippen LogP contribution in [0.2, 0.25) is 0 Å². The van der Waals surface area contributed by atoms with E-state index in [1.807, 2.05) is 0 Å². The second-order valence-electron chi connectivity index (χ2n) is 5.88. The molecular weight excluding hydrogens is 242 g/mol. The van der Waals surface area contributed by atoms with Gasteiger partial charge in [-0.05, 0) is 51.7 Å². The largest absolute Gasteiger partial charge is 0.380 e. The third-order valence-corrected chi connectivity index (χ3v) is 4.43. The lowest BCUT2D eigenvalue weighted by atomic mass is 9.94. The Kier molecular flexibility index (Phi) is 5.60. The lowest BCUT2D eigenvalue weighted by molar-refractivity contribution is -0.123. The van der Waals surface area contributed by atoms with E-state index in [1.54, 1.807) is 7.11 Å². The Morgan fingerprint density at radius 3 is 2.79 bits per heavy atom. The molecule has 0 radical (unpaired) electrons. The molecule has 2 rings (SSSR count). The average molecular weight is 269 g/mol. The van der Waals surface area contributed by atoms with E-state index in [9.17, 15) is 4.79 Å². The Hall–Kier alpha value is -0.650. The minimum atomic E-state index is -0.0672. The van der Waals surface area contributed by atoms with Crippen LogP contribution in [0.15, 0.2) is 0 Å². The van der Waals surface area contributed by atoms with Crippen molar-refractivity contribution < 1.29 is 9.53 Å². The first kappa shape index (κ1) is 14.8. The molecule has 5 heteroatoms. The molecular formula is C14H27N3O2. The highest BCUT2D eigenvalue weighted by molar-refractivity contribution is 5.82. The Bertz CT molecular complexity index is 290. The van der Waals surface area contributed by atoms with Crippen LogP contribution in [-0.2, 0) is 9.53 Å². The standard InChI is InChI=1S/C14H27N3O2/c1-17-7-4-11(5-8-17)3-6-15-14(18)13-9-12(19-2)10-16-13/h11-13,16H,3-10H2,1-2H3,(H,15,18). The first-order valence-corrected chi connectivity index (χ1v) is 7.41. The van der Waals surface area contributed by atoms with Crippen LogP contribution >= 0.6 is 0 Å². The number of carbonyl (C=O) groups is 1. The molecule has 2 heterocycles. The van der Waals surface area contributed by atoms with Crippen molar-refractivity contribution in [2.24, 2.45) is 5.92 Å². The fourth-order valence-electron chi connectivity index (χ4n) is 2.96. The fourth-order valence-corrected chi connectivity index (χ4v) is 2.96. The molecule has 0 aromatic rings. The number of amides is 1. The maximum atomic E-state index is 12.0. The minimum absolute atomic E-state index is 0.0672. The van der Waals surface area contributed by atoms with Crippen molar-refractivity contribution in [2.45, 2.75) is 37.8 Å². The molecule has 2 aliphatic heterocycles. The zero-order valence-corrected chi connectivity index (χ0v) is 12.2. The summed E-state index contributed by atoms with van der Waals surface area (Å²) < 4.78 is 5.25. The number of nitrogens with one attached hydrogen (secondary N) is 2. The molecule has 19 heavy (non-hydrogen) atoms. The molecule has 0 bridgehead atoms. The smallest absolute Gasteiger partial charge is 0.237 e. The van der Waals surface area contributed by atoms with Gasteiger partial charge < -0.3 is 20.3 Å². The number of rotatable bonds is 5. The van der Waals surface area contributed by atoms with Gasteiger partial charge in [0.2, 0.25) is 5.91 Å². The maximum Gasteiger partial charge on any atom is 0.237 e. The number of ether oxygens (including phenoxy) is 1. The first-order valence-electron chi connectivity index (χ1n) is 7.41. The number of methoxy groups -OCH3 is 1. The lowest BCUT2D eigenvalue weighted by Gasteiger charge is -2.29. The summed E-state index contributed by atoms with van der Waals surface area (Å²) in [5, 5.41) is 6.27. The predicted octanol–water partition coefficient (Wildman–Crippen LogP) is 0.211. The summed E-state index contributed by atoms with van der Waals surface area (Å²) in [5.41, 5.74) is 0. The van der Waals surface area contributed by atoms with Crippen LogP contribution in [0.5, 0.6) is 0 Å². The van der Waals surface area contributed by atoms with Gasteiger partial charge in [-0.3, -0.25) is 4.79 Å². The van der Waals surface area contributed by atoms with E-state index in [-0.39, 0.29) is 18.1 Å². The van der Waals surface area contributed by atoms with E-state index in [0.717, 1.165) is 31.8 Å². The van der Waals surface area contributed by atoms with E-state index in [1.165, 1.54) is 25.9 Å². The van der Waals surface area contributed by atoms with Crippen molar-refractivity contribution in [1.29, 1.82) is 0 Å². The van der Waals surface area contributed by atoms with Gasteiger partial charge in [-0.15, -0.1) is 0 Å². The number of hydrogen-bond acceptors (Lipinski definition) is 4. The SMILES string of the molecule is COC1CNC(C(=O)NCCC2CCN(C)CC2)C1.